The number of thiophene rings is 1. The van der Waals surface area contributed by atoms with Gasteiger partial charge in [-0.3, -0.25) is 0 Å². The molecule has 1 aliphatic rings. The zero-order valence-corrected chi connectivity index (χ0v) is 18.8. The number of anilines is 1. The normalized spacial score (nSPS) is 15.3. The van der Waals surface area contributed by atoms with Gasteiger partial charge in [-0.1, -0.05) is 6.07 Å². The van der Waals surface area contributed by atoms with E-state index in [1.54, 1.807) is 40.4 Å². The van der Waals surface area contributed by atoms with Crippen LogP contribution in [0.5, 0.6) is 0 Å². The van der Waals surface area contributed by atoms with Crippen LogP contribution in [0, 0.1) is 12.7 Å². The molecule has 1 saturated heterocycles. The molecule has 6 nitrogen and oxygen atoms in total. The maximum atomic E-state index is 14.7. The SMILES string of the molecule is CCNC(=NCc1ccc(-n2ccnc2C)c(F)c1)NC1CCN(c2cccs2)CC1. The van der Waals surface area contributed by atoms with E-state index >= 15 is 0 Å². The van der Waals surface area contributed by atoms with Crippen molar-refractivity contribution in [1.29, 1.82) is 0 Å². The summed E-state index contributed by atoms with van der Waals surface area (Å²) in [5.41, 5.74) is 1.34. The number of aromatic nitrogens is 2. The Kier molecular flexibility index (Phi) is 6.86. The molecule has 3 heterocycles. The molecule has 1 fully saturated rings. The third-order valence-corrected chi connectivity index (χ3v) is 6.44. The van der Waals surface area contributed by atoms with E-state index in [0.717, 1.165) is 49.8 Å². The zero-order valence-electron chi connectivity index (χ0n) is 18.0. The average Bonchev–Trinajstić information content (AvgIpc) is 3.45. The summed E-state index contributed by atoms with van der Waals surface area (Å²) >= 11 is 1.79. The number of halogens is 1. The van der Waals surface area contributed by atoms with Gasteiger partial charge in [-0.2, -0.15) is 0 Å². The fourth-order valence-electron chi connectivity index (χ4n) is 3.85. The van der Waals surface area contributed by atoms with Crippen LogP contribution >= 0.6 is 11.3 Å². The molecule has 0 amide bonds. The van der Waals surface area contributed by atoms with Crippen molar-refractivity contribution in [2.45, 2.75) is 39.3 Å². The number of hydrogen-bond donors (Lipinski definition) is 2. The topological polar surface area (TPSA) is 57.5 Å². The highest BCUT2D eigenvalue weighted by Gasteiger charge is 2.20. The summed E-state index contributed by atoms with van der Waals surface area (Å²) in [6.07, 6.45) is 5.57. The molecule has 2 N–H and O–H groups in total. The average molecular weight is 441 g/mol. The molecule has 4 rings (SSSR count). The van der Waals surface area contributed by atoms with Crippen molar-refractivity contribution in [2.75, 3.05) is 24.5 Å². The number of guanidine groups is 1. The highest BCUT2D eigenvalue weighted by atomic mass is 32.1. The first-order valence-electron chi connectivity index (χ1n) is 10.8. The summed E-state index contributed by atoms with van der Waals surface area (Å²) in [5.74, 6) is 1.27. The predicted octanol–water partition coefficient (Wildman–Crippen LogP) is 4.11. The summed E-state index contributed by atoms with van der Waals surface area (Å²) in [5, 5.41) is 10.3. The summed E-state index contributed by atoms with van der Waals surface area (Å²) in [6.45, 7) is 7.20. The Morgan fingerprint density at radius 2 is 2.13 bits per heavy atom. The first-order valence-corrected chi connectivity index (χ1v) is 11.6. The van der Waals surface area contributed by atoms with Gasteiger partial charge in [0.05, 0.1) is 17.2 Å². The number of benzene rings is 1. The van der Waals surface area contributed by atoms with Crippen molar-refractivity contribution < 1.29 is 4.39 Å². The Morgan fingerprint density at radius 1 is 1.29 bits per heavy atom. The first kappa shape index (κ1) is 21.4. The van der Waals surface area contributed by atoms with Gasteiger partial charge >= 0.3 is 0 Å². The smallest absolute Gasteiger partial charge is 0.191 e. The molecular weight excluding hydrogens is 411 g/mol. The molecule has 0 aliphatic carbocycles. The molecule has 0 unspecified atom stereocenters. The number of aliphatic imine (C=N–C) groups is 1. The van der Waals surface area contributed by atoms with E-state index in [1.165, 1.54) is 5.00 Å². The minimum atomic E-state index is -0.271. The third kappa shape index (κ3) is 5.25. The second kappa shape index (κ2) is 9.96. The Bertz CT molecular complexity index is 1010. The van der Waals surface area contributed by atoms with E-state index in [2.05, 4.69) is 45.0 Å². The quantitative estimate of drug-likeness (QED) is 0.448. The monoisotopic (exact) mass is 440 g/mol. The molecule has 2 aromatic heterocycles. The molecule has 0 bridgehead atoms. The van der Waals surface area contributed by atoms with E-state index in [1.807, 2.05) is 13.0 Å². The number of rotatable bonds is 6. The molecule has 0 atom stereocenters. The van der Waals surface area contributed by atoms with Crippen LogP contribution in [0.25, 0.3) is 5.69 Å². The van der Waals surface area contributed by atoms with Gasteiger partial charge in [-0.05, 0) is 61.9 Å². The van der Waals surface area contributed by atoms with Crippen molar-refractivity contribution in [3.8, 4) is 5.69 Å². The van der Waals surface area contributed by atoms with Crippen LogP contribution in [0.3, 0.4) is 0 Å². The Hall–Kier alpha value is -2.87. The minimum Gasteiger partial charge on any atom is -0.363 e. The third-order valence-electron chi connectivity index (χ3n) is 5.51. The molecule has 0 spiro atoms. The van der Waals surface area contributed by atoms with Crippen LogP contribution in [-0.4, -0.2) is 41.2 Å². The lowest BCUT2D eigenvalue weighted by molar-refractivity contribution is 0.463. The molecule has 1 aromatic carbocycles. The van der Waals surface area contributed by atoms with Crippen LogP contribution in [0.1, 0.15) is 31.2 Å². The van der Waals surface area contributed by atoms with Crippen LogP contribution in [0.2, 0.25) is 0 Å². The Balaban J connectivity index is 1.37. The second-order valence-corrected chi connectivity index (χ2v) is 8.61. The second-order valence-electron chi connectivity index (χ2n) is 7.68. The molecule has 0 saturated carbocycles. The molecule has 3 aromatic rings. The van der Waals surface area contributed by atoms with Crippen LogP contribution in [-0.2, 0) is 6.54 Å². The Labute approximate surface area is 186 Å². The van der Waals surface area contributed by atoms with Crippen molar-refractivity contribution in [3.05, 3.63) is 65.3 Å². The van der Waals surface area contributed by atoms with E-state index in [-0.39, 0.29) is 5.82 Å². The largest absolute Gasteiger partial charge is 0.363 e. The highest BCUT2D eigenvalue weighted by molar-refractivity contribution is 7.14. The fraction of sp³-hybridized carbons (Fsp3) is 0.391. The van der Waals surface area contributed by atoms with E-state index in [4.69, 9.17) is 4.99 Å². The molecule has 8 heteroatoms. The van der Waals surface area contributed by atoms with Crippen LogP contribution in [0.4, 0.5) is 9.39 Å². The van der Waals surface area contributed by atoms with Crippen molar-refractivity contribution in [3.63, 3.8) is 0 Å². The van der Waals surface area contributed by atoms with Gasteiger partial charge in [0.1, 0.15) is 11.6 Å². The Morgan fingerprint density at radius 3 is 2.77 bits per heavy atom. The van der Waals surface area contributed by atoms with Gasteiger partial charge in [0, 0.05) is 38.1 Å². The van der Waals surface area contributed by atoms with Gasteiger partial charge in [0.15, 0.2) is 5.96 Å². The maximum absolute atomic E-state index is 14.7. The van der Waals surface area contributed by atoms with Gasteiger partial charge in [0.25, 0.3) is 0 Å². The summed E-state index contributed by atoms with van der Waals surface area (Å²) in [7, 11) is 0. The molecular formula is C23H29FN6S. The van der Waals surface area contributed by atoms with Crippen LogP contribution in [0.15, 0.2) is 53.1 Å². The van der Waals surface area contributed by atoms with Crippen molar-refractivity contribution >= 4 is 22.3 Å². The zero-order chi connectivity index (χ0) is 21.6. The van der Waals surface area contributed by atoms with Gasteiger partial charge in [-0.25, -0.2) is 14.4 Å². The number of nitrogens with zero attached hydrogens (tertiary/aromatic N) is 4. The van der Waals surface area contributed by atoms with Crippen molar-refractivity contribution in [2.24, 2.45) is 4.99 Å². The molecule has 31 heavy (non-hydrogen) atoms. The highest BCUT2D eigenvalue weighted by Crippen LogP contribution is 2.24. The predicted molar refractivity (Wildman–Crippen MR) is 126 cm³/mol. The standard InChI is InChI=1S/C23H29FN6S/c1-3-25-23(28-19-8-11-29(12-9-19)22-5-4-14-31-22)27-16-18-6-7-21(20(24)15-18)30-13-10-26-17(30)2/h4-7,10,13-15,19H,3,8-9,11-12,16H2,1-2H3,(H2,25,27,28). The number of piperidine rings is 1. The van der Waals surface area contributed by atoms with Crippen LogP contribution < -0.4 is 15.5 Å². The lowest BCUT2D eigenvalue weighted by atomic mass is 10.1. The van der Waals surface area contributed by atoms with Gasteiger partial charge in [0.2, 0.25) is 0 Å². The molecule has 1 aliphatic heterocycles. The lowest BCUT2D eigenvalue weighted by Gasteiger charge is -2.33. The first-order chi connectivity index (χ1) is 15.1. The lowest BCUT2D eigenvalue weighted by Crippen LogP contribution is -2.48. The number of hydrogen-bond acceptors (Lipinski definition) is 4. The summed E-state index contributed by atoms with van der Waals surface area (Å²) < 4.78 is 16.4. The van der Waals surface area contributed by atoms with E-state index in [0.29, 0.717) is 18.3 Å². The minimum absolute atomic E-state index is 0.271. The van der Waals surface area contributed by atoms with Gasteiger partial charge in [-0.15, -0.1) is 11.3 Å². The maximum Gasteiger partial charge on any atom is 0.191 e. The van der Waals surface area contributed by atoms with Gasteiger partial charge < -0.3 is 20.1 Å². The summed E-state index contributed by atoms with van der Waals surface area (Å²) in [6, 6.07) is 9.94. The molecule has 0 radical (unpaired) electrons. The molecule has 164 valence electrons. The van der Waals surface area contributed by atoms with E-state index in [9.17, 15) is 4.39 Å². The fourth-order valence-corrected chi connectivity index (χ4v) is 4.64. The van der Waals surface area contributed by atoms with E-state index < -0.39 is 0 Å². The number of aryl methyl sites for hydroxylation is 1. The summed E-state index contributed by atoms with van der Waals surface area (Å²) in [4.78, 5) is 11.3. The number of imidazole rings is 1. The number of nitrogens with one attached hydrogen (secondary N) is 2. The van der Waals surface area contributed by atoms with Crippen molar-refractivity contribution in [1.82, 2.24) is 20.2 Å².